The topological polar surface area (TPSA) is 96.8 Å². The summed E-state index contributed by atoms with van der Waals surface area (Å²) in [5.74, 6) is 1.28. The maximum absolute atomic E-state index is 12.1. The summed E-state index contributed by atoms with van der Waals surface area (Å²) in [5.41, 5.74) is 4.18. The summed E-state index contributed by atoms with van der Waals surface area (Å²) in [6.45, 7) is 3.92. The third-order valence-electron chi connectivity index (χ3n) is 4.32. The van der Waals surface area contributed by atoms with Crippen LogP contribution in [-0.4, -0.2) is 26.0 Å². The highest BCUT2D eigenvalue weighted by atomic mass is 16.2. The zero-order valence-electron chi connectivity index (χ0n) is 16.6. The van der Waals surface area contributed by atoms with Gasteiger partial charge in [0.15, 0.2) is 11.6 Å². The van der Waals surface area contributed by atoms with Gasteiger partial charge < -0.3 is 16.0 Å². The predicted molar refractivity (Wildman–Crippen MR) is 117 cm³/mol. The van der Waals surface area contributed by atoms with Gasteiger partial charge in [-0.05, 0) is 68.4 Å². The van der Waals surface area contributed by atoms with E-state index in [4.69, 9.17) is 0 Å². The molecule has 0 radical (unpaired) electrons. The van der Waals surface area contributed by atoms with E-state index in [1.165, 1.54) is 0 Å². The maximum atomic E-state index is 12.1. The first-order valence-electron chi connectivity index (χ1n) is 9.44. The fraction of sp³-hybridized carbons (Fsp3) is 0.0909. The van der Waals surface area contributed by atoms with Crippen LogP contribution in [0.2, 0.25) is 0 Å². The van der Waals surface area contributed by atoms with Crippen molar-refractivity contribution in [1.29, 1.82) is 0 Å². The molecular formula is C22H21N7O. The number of amides is 2. The fourth-order valence-electron chi connectivity index (χ4n) is 2.97. The third-order valence-corrected chi connectivity index (χ3v) is 4.32. The molecule has 0 spiro atoms. The summed E-state index contributed by atoms with van der Waals surface area (Å²) in [7, 11) is 0. The van der Waals surface area contributed by atoms with Gasteiger partial charge in [0.05, 0.1) is 5.69 Å². The van der Waals surface area contributed by atoms with Crippen LogP contribution in [0, 0.1) is 13.8 Å². The second-order valence-electron chi connectivity index (χ2n) is 6.76. The van der Waals surface area contributed by atoms with Gasteiger partial charge in [-0.3, -0.25) is 0 Å². The lowest BCUT2D eigenvalue weighted by molar-refractivity contribution is 0.262. The molecule has 2 aromatic heterocycles. The lowest BCUT2D eigenvalue weighted by Gasteiger charge is -2.09. The van der Waals surface area contributed by atoms with E-state index in [2.05, 4.69) is 31.2 Å². The number of para-hydroxylation sites is 1. The number of rotatable bonds is 5. The number of benzene rings is 2. The largest absolute Gasteiger partial charge is 0.339 e. The molecule has 2 heterocycles. The summed E-state index contributed by atoms with van der Waals surface area (Å²) < 4.78 is 1.76. The van der Waals surface area contributed by atoms with Gasteiger partial charge in [-0.15, -0.1) is 10.2 Å². The first-order chi connectivity index (χ1) is 14.6. The highest BCUT2D eigenvalue weighted by molar-refractivity contribution is 5.99. The number of nitrogens with zero attached hydrogens (tertiary/aromatic N) is 4. The van der Waals surface area contributed by atoms with E-state index in [0.29, 0.717) is 17.3 Å². The number of aryl methyl sites for hydroxylation is 2. The Kier molecular flexibility index (Phi) is 5.38. The van der Waals surface area contributed by atoms with Gasteiger partial charge in [-0.25, -0.2) is 9.48 Å². The van der Waals surface area contributed by atoms with Gasteiger partial charge in [0.2, 0.25) is 0 Å². The van der Waals surface area contributed by atoms with Crippen molar-refractivity contribution in [3.8, 4) is 5.82 Å². The molecule has 0 saturated heterocycles. The Morgan fingerprint density at radius 1 is 0.800 bits per heavy atom. The quantitative estimate of drug-likeness (QED) is 0.453. The van der Waals surface area contributed by atoms with E-state index in [1.54, 1.807) is 4.68 Å². The van der Waals surface area contributed by atoms with Gasteiger partial charge in [0.1, 0.15) is 0 Å². The number of aromatic nitrogens is 4. The maximum Gasteiger partial charge on any atom is 0.323 e. The summed E-state index contributed by atoms with van der Waals surface area (Å²) in [6, 6.07) is 22.0. The third kappa shape index (κ3) is 4.61. The number of carbonyl (C=O) groups is 1. The Morgan fingerprint density at radius 3 is 2.07 bits per heavy atom. The summed E-state index contributed by atoms with van der Waals surface area (Å²) >= 11 is 0. The molecule has 0 aliphatic heterocycles. The van der Waals surface area contributed by atoms with Crippen LogP contribution in [0.25, 0.3) is 5.82 Å². The Morgan fingerprint density at radius 2 is 1.47 bits per heavy atom. The fourth-order valence-corrected chi connectivity index (χ4v) is 2.97. The molecule has 8 nitrogen and oxygen atoms in total. The lowest BCUT2D eigenvalue weighted by Crippen LogP contribution is -2.19. The Bertz CT molecular complexity index is 1140. The number of carbonyl (C=O) groups excluding carboxylic acids is 1. The SMILES string of the molecule is Cc1cc(C)n(-c2ccc(Nc3ccc(NC(=O)Nc4ccccc4)cc3)nn2)n1. The number of urea groups is 1. The second kappa shape index (κ2) is 8.44. The van der Waals surface area contributed by atoms with Crippen LogP contribution in [0.1, 0.15) is 11.4 Å². The van der Waals surface area contributed by atoms with Crippen molar-refractivity contribution in [2.24, 2.45) is 0 Å². The summed E-state index contributed by atoms with van der Waals surface area (Å²) in [5, 5.41) is 21.6. The average Bonchev–Trinajstić information content (AvgIpc) is 3.09. The second-order valence-corrected chi connectivity index (χ2v) is 6.76. The van der Waals surface area contributed by atoms with E-state index < -0.39 is 0 Å². The Labute approximate surface area is 174 Å². The molecular weight excluding hydrogens is 378 g/mol. The summed E-state index contributed by atoms with van der Waals surface area (Å²) in [4.78, 5) is 12.1. The smallest absolute Gasteiger partial charge is 0.323 e. The van der Waals surface area contributed by atoms with Crippen LogP contribution in [0.3, 0.4) is 0 Å². The standard InChI is InChI=1S/C22H21N7O/c1-15-14-16(2)29(28-15)21-13-12-20(26-27-21)23-18-8-10-19(11-9-18)25-22(30)24-17-6-4-3-5-7-17/h3-14H,1-2H3,(H,23,26)(H2,24,25,30). The lowest BCUT2D eigenvalue weighted by atomic mass is 10.2. The van der Waals surface area contributed by atoms with Gasteiger partial charge in [0.25, 0.3) is 0 Å². The molecule has 30 heavy (non-hydrogen) atoms. The van der Waals surface area contributed by atoms with Gasteiger partial charge >= 0.3 is 6.03 Å². The van der Waals surface area contributed by atoms with Gasteiger partial charge in [-0.2, -0.15) is 5.10 Å². The van der Waals surface area contributed by atoms with E-state index in [1.807, 2.05) is 86.6 Å². The Hall–Kier alpha value is -4.20. The van der Waals surface area contributed by atoms with Crippen LogP contribution >= 0.6 is 0 Å². The molecule has 0 saturated carbocycles. The van der Waals surface area contributed by atoms with Crippen LogP contribution in [0.5, 0.6) is 0 Å². The van der Waals surface area contributed by atoms with Gasteiger partial charge in [-0.1, -0.05) is 18.2 Å². The van der Waals surface area contributed by atoms with E-state index in [-0.39, 0.29) is 6.03 Å². The highest BCUT2D eigenvalue weighted by Gasteiger charge is 2.07. The van der Waals surface area contributed by atoms with E-state index >= 15 is 0 Å². The molecule has 2 aromatic carbocycles. The molecule has 3 N–H and O–H groups in total. The zero-order chi connectivity index (χ0) is 20.9. The monoisotopic (exact) mass is 399 g/mol. The van der Waals surface area contributed by atoms with Crippen LogP contribution in [-0.2, 0) is 0 Å². The van der Waals surface area contributed by atoms with E-state index in [9.17, 15) is 4.79 Å². The molecule has 4 rings (SSSR count). The van der Waals surface area contributed by atoms with Crippen molar-refractivity contribution in [3.05, 3.63) is 84.2 Å². The van der Waals surface area contributed by atoms with Crippen LogP contribution < -0.4 is 16.0 Å². The number of nitrogens with one attached hydrogen (secondary N) is 3. The minimum Gasteiger partial charge on any atom is -0.339 e. The normalized spacial score (nSPS) is 10.5. The molecule has 2 amide bonds. The number of hydrogen-bond acceptors (Lipinski definition) is 5. The molecule has 0 atom stereocenters. The van der Waals surface area contributed by atoms with Crippen molar-refractivity contribution >= 4 is 28.9 Å². The minimum atomic E-state index is -0.299. The number of hydrogen-bond donors (Lipinski definition) is 3. The predicted octanol–water partition coefficient (Wildman–Crippen LogP) is 4.67. The van der Waals surface area contributed by atoms with Crippen molar-refractivity contribution in [1.82, 2.24) is 20.0 Å². The first kappa shape index (κ1) is 19.1. The zero-order valence-corrected chi connectivity index (χ0v) is 16.6. The first-order valence-corrected chi connectivity index (χ1v) is 9.44. The van der Waals surface area contributed by atoms with Crippen LogP contribution in [0.4, 0.5) is 27.7 Å². The molecule has 4 aromatic rings. The van der Waals surface area contributed by atoms with E-state index in [0.717, 1.165) is 22.8 Å². The molecule has 0 fully saturated rings. The molecule has 8 heteroatoms. The van der Waals surface area contributed by atoms with Crippen LogP contribution in [0.15, 0.2) is 72.8 Å². The summed E-state index contributed by atoms with van der Waals surface area (Å²) in [6.07, 6.45) is 0. The highest BCUT2D eigenvalue weighted by Crippen LogP contribution is 2.18. The molecule has 0 aliphatic rings. The molecule has 0 bridgehead atoms. The van der Waals surface area contributed by atoms with Crippen molar-refractivity contribution in [3.63, 3.8) is 0 Å². The Balaban J connectivity index is 1.36. The number of anilines is 4. The molecule has 0 unspecified atom stereocenters. The van der Waals surface area contributed by atoms with Crippen molar-refractivity contribution in [2.75, 3.05) is 16.0 Å². The average molecular weight is 399 g/mol. The van der Waals surface area contributed by atoms with Crippen molar-refractivity contribution in [2.45, 2.75) is 13.8 Å². The van der Waals surface area contributed by atoms with Gasteiger partial charge in [0, 0.05) is 22.8 Å². The minimum absolute atomic E-state index is 0.299. The molecule has 150 valence electrons. The van der Waals surface area contributed by atoms with Crippen molar-refractivity contribution < 1.29 is 4.79 Å². The molecule has 0 aliphatic carbocycles.